The average Bonchev–Trinajstić information content (AvgIpc) is 3.10. The smallest absolute Gasteiger partial charge is 0.417 e. The maximum Gasteiger partial charge on any atom is 0.417 e. The van der Waals surface area contributed by atoms with Crippen LogP contribution in [0.5, 0.6) is 0 Å². The summed E-state index contributed by atoms with van der Waals surface area (Å²) in [5.74, 6) is -5.20. The molecule has 0 aliphatic carbocycles. The molecule has 3 atom stereocenters. The number of imide groups is 1. The number of piperazine rings is 1. The van der Waals surface area contributed by atoms with Crippen molar-refractivity contribution in [2.75, 3.05) is 45.9 Å². The summed E-state index contributed by atoms with van der Waals surface area (Å²) < 4.78 is 46.2. The lowest BCUT2D eigenvalue weighted by atomic mass is 9.82. The summed E-state index contributed by atoms with van der Waals surface area (Å²) in [5.41, 5.74) is 1.55. The van der Waals surface area contributed by atoms with Crippen molar-refractivity contribution in [3.8, 4) is 11.1 Å². The summed E-state index contributed by atoms with van der Waals surface area (Å²) in [5, 5.41) is 20.5. The van der Waals surface area contributed by atoms with Crippen molar-refractivity contribution in [2.24, 2.45) is 11.8 Å². The Morgan fingerprint density at radius 1 is 0.920 bits per heavy atom. The van der Waals surface area contributed by atoms with Crippen molar-refractivity contribution < 1.29 is 47.1 Å². The van der Waals surface area contributed by atoms with Crippen LogP contribution in [0, 0.1) is 11.8 Å². The number of alkyl halides is 3. The van der Waals surface area contributed by atoms with Gasteiger partial charge < -0.3 is 20.7 Å². The lowest BCUT2D eigenvalue weighted by Gasteiger charge is -2.28. The first kappa shape index (κ1) is 38.3. The van der Waals surface area contributed by atoms with Crippen LogP contribution in [0.15, 0.2) is 48.5 Å². The maximum absolute atomic E-state index is 14.0. The van der Waals surface area contributed by atoms with Crippen LogP contribution >= 0.6 is 0 Å². The van der Waals surface area contributed by atoms with Crippen LogP contribution in [0.2, 0.25) is 0 Å². The van der Waals surface area contributed by atoms with Gasteiger partial charge in [-0.2, -0.15) is 13.2 Å². The van der Waals surface area contributed by atoms with Gasteiger partial charge in [0.2, 0.25) is 23.6 Å². The number of carbonyl (C=O) groups is 5. The fourth-order valence-corrected chi connectivity index (χ4v) is 6.14. The first-order chi connectivity index (χ1) is 24.0. The summed E-state index contributed by atoms with van der Waals surface area (Å²) >= 11 is 0. The molecule has 4 rings (SSSR count). The Kier molecular flexibility index (Phi) is 14.1. The van der Waals surface area contributed by atoms with Crippen LogP contribution in [-0.2, 0) is 36.5 Å². The molecule has 3 unspecified atom stereocenters. The summed E-state index contributed by atoms with van der Waals surface area (Å²) in [7, 11) is 0. The number of nitrogens with one attached hydrogen (secondary N) is 5. The second-order valence-electron chi connectivity index (χ2n) is 12.3. The molecule has 2 fully saturated rings. The zero-order valence-electron chi connectivity index (χ0n) is 27.5. The van der Waals surface area contributed by atoms with Gasteiger partial charge in [0.05, 0.1) is 30.6 Å². The third-order valence-electron chi connectivity index (χ3n) is 8.78. The fraction of sp³-hybridized carbons (Fsp3) is 0.500. The lowest BCUT2D eigenvalue weighted by molar-refractivity contribution is -0.141. The zero-order chi connectivity index (χ0) is 36.1. The van der Waals surface area contributed by atoms with Gasteiger partial charge in [0, 0.05) is 32.7 Å². The maximum atomic E-state index is 14.0. The highest BCUT2D eigenvalue weighted by atomic mass is 19.4. The highest BCUT2D eigenvalue weighted by Crippen LogP contribution is 2.37. The van der Waals surface area contributed by atoms with E-state index in [-0.39, 0.29) is 56.5 Å². The third kappa shape index (κ3) is 11.2. The number of rotatable bonds is 7. The van der Waals surface area contributed by atoms with Crippen molar-refractivity contribution in [1.82, 2.24) is 31.6 Å². The summed E-state index contributed by atoms with van der Waals surface area (Å²) in [6, 6.07) is 10.0. The minimum atomic E-state index is -4.58. The van der Waals surface area contributed by atoms with Gasteiger partial charge >= 0.3 is 12.3 Å². The molecule has 2 aliphatic heterocycles. The molecule has 2 aromatic carbocycles. The Bertz CT molecular complexity index is 1480. The average molecular weight is 705 g/mol. The SMILES string of the molecule is O=C(CN1CCNCC1)NC(=O)C1CCCCNC(=O)OCCCC(C(=O)NO)C(Cc2ccc(-c3ccccc3C(F)(F)F)cc2)C(=O)N1. The lowest BCUT2D eigenvalue weighted by Crippen LogP contribution is -2.54. The standard InChI is InChI=1S/C34H43F3N6O7/c35-34(36,37)27-8-2-1-6-24(27)23-12-10-22(11-13-23)20-26-25(31(46)42-49)7-5-19-50-33(48)39-14-4-3-9-28(40-30(26)45)32(47)41-29(44)21-43-17-15-38-16-18-43/h1-2,6,8,10-13,25-26,28,38,49H,3-5,7,9,14-21H2,(H,39,48)(H,40,45)(H,42,46)(H,41,44,47). The normalized spacial score (nSPS) is 21.7. The van der Waals surface area contributed by atoms with E-state index in [1.807, 2.05) is 4.90 Å². The van der Waals surface area contributed by atoms with Gasteiger partial charge in [-0.05, 0) is 61.3 Å². The first-order valence-electron chi connectivity index (χ1n) is 16.6. The number of alkyl carbamates (subject to hydrolysis) is 1. The second kappa shape index (κ2) is 18.5. The van der Waals surface area contributed by atoms with E-state index in [2.05, 4.69) is 21.3 Å². The Balaban J connectivity index is 1.59. The largest absolute Gasteiger partial charge is 0.450 e. The highest BCUT2D eigenvalue weighted by Gasteiger charge is 2.36. The van der Waals surface area contributed by atoms with E-state index in [1.54, 1.807) is 17.6 Å². The zero-order valence-corrected chi connectivity index (χ0v) is 27.5. The Morgan fingerprint density at radius 3 is 2.34 bits per heavy atom. The number of halogens is 3. The monoisotopic (exact) mass is 704 g/mol. The van der Waals surface area contributed by atoms with Gasteiger partial charge in [0.1, 0.15) is 6.04 Å². The second-order valence-corrected chi connectivity index (χ2v) is 12.3. The van der Waals surface area contributed by atoms with Crippen molar-refractivity contribution in [3.05, 3.63) is 59.7 Å². The molecule has 2 aliphatic rings. The summed E-state index contributed by atoms with van der Waals surface area (Å²) in [6.07, 6.45) is -4.29. The van der Waals surface area contributed by atoms with Crippen LogP contribution in [0.4, 0.5) is 18.0 Å². The van der Waals surface area contributed by atoms with Crippen molar-refractivity contribution in [2.45, 2.75) is 50.7 Å². The number of amides is 5. The van der Waals surface area contributed by atoms with Crippen molar-refractivity contribution >= 4 is 29.7 Å². The predicted molar refractivity (Wildman–Crippen MR) is 174 cm³/mol. The number of ether oxygens (including phenoxy) is 1. The number of benzene rings is 2. The summed E-state index contributed by atoms with van der Waals surface area (Å²) in [6.45, 7) is 2.81. The van der Waals surface area contributed by atoms with Crippen LogP contribution in [0.3, 0.4) is 0 Å². The molecule has 0 bridgehead atoms. The third-order valence-corrected chi connectivity index (χ3v) is 8.78. The molecular weight excluding hydrogens is 661 g/mol. The van der Waals surface area contributed by atoms with Gasteiger partial charge in [-0.25, -0.2) is 10.3 Å². The number of hydrogen-bond acceptors (Lipinski definition) is 9. The fourth-order valence-electron chi connectivity index (χ4n) is 6.14. The molecule has 0 radical (unpaired) electrons. The Labute approximate surface area is 287 Å². The van der Waals surface area contributed by atoms with E-state index < -0.39 is 59.3 Å². The topological polar surface area (TPSA) is 178 Å². The molecular formula is C34H43F3N6O7. The first-order valence-corrected chi connectivity index (χ1v) is 16.6. The molecule has 2 saturated heterocycles. The predicted octanol–water partition coefficient (Wildman–Crippen LogP) is 2.38. The van der Waals surface area contributed by atoms with E-state index in [0.717, 1.165) is 6.07 Å². The van der Waals surface area contributed by atoms with Gasteiger partial charge in [0.25, 0.3) is 0 Å². The number of cyclic esters (lactones) is 1. The van der Waals surface area contributed by atoms with E-state index in [4.69, 9.17) is 4.74 Å². The molecule has 2 aromatic rings. The Hall–Kier alpha value is -4.54. The van der Waals surface area contributed by atoms with E-state index >= 15 is 0 Å². The number of carbonyl (C=O) groups excluding carboxylic acids is 5. The van der Waals surface area contributed by atoms with E-state index in [1.165, 1.54) is 30.3 Å². The minimum Gasteiger partial charge on any atom is -0.450 e. The molecule has 50 heavy (non-hydrogen) atoms. The molecule has 0 spiro atoms. The number of hydroxylamine groups is 1. The molecule has 2 heterocycles. The molecule has 0 saturated carbocycles. The molecule has 272 valence electrons. The van der Waals surface area contributed by atoms with Crippen molar-refractivity contribution in [3.63, 3.8) is 0 Å². The minimum absolute atomic E-state index is 0.00512. The highest BCUT2D eigenvalue weighted by molar-refractivity contribution is 6.00. The van der Waals surface area contributed by atoms with Crippen LogP contribution in [-0.4, -0.2) is 91.7 Å². The van der Waals surface area contributed by atoms with Gasteiger partial charge in [-0.1, -0.05) is 42.5 Å². The van der Waals surface area contributed by atoms with E-state index in [0.29, 0.717) is 44.6 Å². The van der Waals surface area contributed by atoms with E-state index in [9.17, 15) is 42.4 Å². The van der Waals surface area contributed by atoms with Gasteiger partial charge in [-0.3, -0.25) is 34.6 Å². The molecule has 16 heteroatoms. The van der Waals surface area contributed by atoms with Crippen LogP contribution in [0.1, 0.15) is 43.2 Å². The number of hydrogen-bond donors (Lipinski definition) is 6. The molecule has 6 N–H and O–H groups in total. The van der Waals surface area contributed by atoms with Crippen molar-refractivity contribution in [1.29, 1.82) is 0 Å². The van der Waals surface area contributed by atoms with Crippen LogP contribution in [0.25, 0.3) is 11.1 Å². The quantitative estimate of drug-likeness (QED) is 0.187. The summed E-state index contributed by atoms with van der Waals surface area (Å²) in [4.78, 5) is 67.2. The molecule has 0 aromatic heterocycles. The van der Waals surface area contributed by atoms with Crippen LogP contribution < -0.4 is 26.7 Å². The van der Waals surface area contributed by atoms with Gasteiger partial charge in [0.15, 0.2) is 0 Å². The molecule has 5 amide bonds. The molecule has 13 nitrogen and oxygen atoms in total. The Morgan fingerprint density at radius 2 is 1.64 bits per heavy atom. The van der Waals surface area contributed by atoms with Gasteiger partial charge in [-0.15, -0.1) is 0 Å². The number of nitrogens with zero attached hydrogens (tertiary/aromatic N) is 1.